The van der Waals surface area contributed by atoms with Crippen LogP contribution in [-0.4, -0.2) is 38.1 Å². The van der Waals surface area contributed by atoms with Gasteiger partial charge < -0.3 is 4.90 Å². The summed E-state index contributed by atoms with van der Waals surface area (Å²) < 4.78 is 3.12. The molecule has 0 bridgehead atoms. The Hall–Kier alpha value is -2.80. The molecule has 24 heavy (non-hydrogen) atoms. The highest BCUT2D eigenvalue weighted by atomic mass is 32.1. The molecule has 5 rings (SSSR count). The minimum atomic E-state index is 0.333. The van der Waals surface area contributed by atoms with Crippen molar-refractivity contribution in [3.63, 3.8) is 0 Å². The van der Waals surface area contributed by atoms with Crippen LogP contribution in [0.1, 0.15) is 6.04 Å². The first-order chi connectivity index (χ1) is 11.9. The zero-order valence-corrected chi connectivity index (χ0v) is 13.6. The van der Waals surface area contributed by atoms with Crippen LogP contribution in [0.3, 0.4) is 0 Å². The van der Waals surface area contributed by atoms with E-state index in [1.54, 1.807) is 17.7 Å². The molecule has 1 fully saturated rings. The molecule has 0 unspecified atom stereocenters. The average molecular weight is 334 g/mol. The van der Waals surface area contributed by atoms with E-state index < -0.39 is 0 Å². The second-order valence-electron chi connectivity index (χ2n) is 5.84. The standard InChI is InChI=1S/C17H14N6S/c1-2-4-12(5-3-1)15-10-23(21-20-15)13-8-22(9-13)17-16-14(6-7-24-16)18-11-19-17/h1-7,10-11,13H,8-9H2. The predicted molar refractivity (Wildman–Crippen MR) is 94.1 cm³/mol. The third-order valence-electron chi connectivity index (χ3n) is 4.34. The molecule has 0 atom stereocenters. The fraction of sp³-hybridized carbons (Fsp3) is 0.176. The summed E-state index contributed by atoms with van der Waals surface area (Å²) in [4.78, 5) is 11.0. The van der Waals surface area contributed by atoms with Crippen molar-refractivity contribution in [2.45, 2.75) is 6.04 Å². The van der Waals surface area contributed by atoms with E-state index in [9.17, 15) is 0 Å². The van der Waals surface area contributed by atoms with E-state index >= 15 is 0 Å². The highest BCUT2D eigenvalue weighted by molar-refractivity contribution is 7.17. The van der Waals surface area contributed by atoms with Gasteiger partial charge in [-0.1, -0.05) is 35.5 Å². The first-order valence-electron chi connectivity index (χ1n) is 7.79. The van der Waals surface area contributed by atoms with Gasteiger partial charge in [0.25, 0.3) is 0 Å². The maximum Gasteiger partial charge on any atom is 0.150 e. The lowest BCUT2D eigenvalue weighted by molar-refractivity contribution is 0.359. The van der Waals surface area contributed by atoms with Crippen LogP contribution in [0.4, 0.5) is 5.82 Å². The predicted octanol–water partition coefficient (Wildman–Crippen LogP) is 3.01. The fourth-order valence-corrected chi connectivity index (χ4v) is 3.85. The molecule has 0 spiro atoms. The number of nitrogens with zero attached hydrogens (tertiary/aromatic N) is 6. The quantitative estimate of drug-likeness (QED) is 0.576. The smallest absolute Gasteiger partial charge is 0.150 e. The van der Waals surface area contributed by atoms with Crippen LogP contribution in [0.25, 0.3) is 21.5 Å². The average Bonchev–Trinajstić information content (AvgIpc) is 3.24. The highest BCUT2D eigenvalue weighted by Gasteiger charge is 2.31. The lowest BCUT2D eigenvalue weighted by atomic mass is 10.1. The van der Waals surface area contributed by atoms with Gasteiger partial charge in [0.2, 0.25) is 0 Å². The Morgan fingerprint density at radius 2 is 1.92 bits per heavy atom. The van der Waals surface area contributed by atoms with E-state index in [0.29, 0.717) is 6.04 Å². The van der Waals surface area contributed by atoms with Crippen molar-refractivity contribution in [1.82, 2.24) is 25.0 Å². The van der Waals surface area contributed by atoms with E-state index in [1.165, 1.54) is 0 Å². The summed E-state index contributed by atoms with van der Waals surface area (Å²) in [5, 5.41) is 10.7. The number of fused-ring (bicyclic) bond motifs is 1. The Kier molecular flexibility index (Phi) is 3.05. The number of thiophene rings is 1. The number of hydrogen-bond donors (Lipinski definition) is 0. The molecule has 4 heterocycles. The largest absolute Gasteiger partial charge is 0.351 e. The molecule has 6 nitrogen and oxygen atoms in total. The van der Waals surface area contributed by atoms with E-state index in [0.717, 1.165) is 40.4 Å². The molecule has 118 valence electrons. The van der Waals surface area contributed by atoms with Crippen LogP contribution in [0, 0.1) is 0 Å². The lowest BCUT2D eigenvalue weighted by Crippen LogP contribution is -2.48. The summed E-state index contributed by atoms with van der Waals surface area (Å²) in [6.45, 7) is 1.78. The number of aromatic nitrogens is 5. The van der Waals surface area contributed by atoms with Crippen LogP contribution in [-0.2, 0) is 0 Å². The van der Waals surface area contributed by atoms with Crippen molar-refractivity contribution in [3.05, 3.63) is 54.3 Å². The molecule has 0 N–H and O–H groups in total. The molecule has 1 saturated heterocycles. The third-order valence-corrected chi connectivity index (χ3v) is 5.24. The first-order valence-corrected chi connectivity index (χ1v) is 8.67. The third kappa shape index (κ3) is 2.16. The SMILES string of the molecule is c1ccc(-c2cn(C3CN(c4ncnc5ccsc45)C3)nn2)cc1. The zero-order chi connectivity index (χ0) is 15.9. The second-order valence-corrected chi connectivity index (χ2v) is 6.76. The zero-order valence-electron chi connectivity index (χ0n) is 12.8. The van der Waals surface area contributed by atoms with Gasteiger partial charge in [-0.3, -0.25) is 0 Å². The molecule has 1 aliphatic rings. The van der Waals surface area contributed by atoms with Crippen molar-refractivity contribution in [1.29, 1.82) is 0 Å². The molecule has 0 saturated carbocycles. The summed E-state index contributed by atoms with van der Waals surface area (Å²) in [5.41, 5.74) is 3.02. The molecular formula is C17H14N6S. The maximum absolute atomic E-state index is 4.46. The second kappa shape index (κ2) is 5.38. The van der Waals surface area contributed by atoms with Crippen molar-refractivity contribution in [3.8, 4) is 11.3 Å². The molecule has 7 heteroatoms. The van der Waals surface area contributed by atoms with Gasteiger partial charge in [-0.15, -0.1) is 16.4 Å². The first kappa shape index (κ1) is 13.6. The van der Waals surface area contributed by atoms with E-state index in [1.807, 2.05) is 35.1 Å². The molecule has 3 aromatic heterocycles. The lowest BCUT2D eigenvalue weighted by Gasteiger charge is -2.39. The topological polar surface area (TPSA) is 59.7 Å². The van der Waals surface area contributed by atoms with Crippen molar-refractivity contribution >= 4 is 27.4 Å². The van der Waals surface area contributed by atoms with Gasteiger partial charge in [-0.05, 0) is 11.4 Å². The summed E-state index contributed by atoms with van der Waals surface area (Å²) in [6.07, 6.45) is 3.67. The van der Waals surface area contributed by atoms with Gasteiger partial charge in [-0.2, -0.15) is 0 Å². The monoisotopic (exact) mass is 334 g/mol. The maximum atomic E-state index is 4.46. The minimum Gasteiger partial charge on any atom is -0.351 e. The Morgan fingerprint density at radius 3 is 2.79 bits per heavy atom. The summed E-state index contributed by atoms with van der Waals surface area (Å²) >= 11 is 1.69. The summed E-state index contributed by atoms with van der Waals surface area (Å²) in [5.74, 6) is 1.02. The van der Waals surface area contributed by atoms with E-state index in [4.69, 9.17) is 0 Å². The Balaban J connectivity index is 1.35. The number of benzene rings is 1. The minimum absolute atomic E-state index is 0.333. The molecule has 0 amide bonds. The van der Waals surface area contributed by atoms with Crippen LogP contribution in [0.5, 0.6) is 0 Å². The Morgan fingerprint density at radius 1 is 1.04 bits per heavy atom. The molecule has 1 aromatic carbocycles. The van der Waals surface area contributed by atoms with E-state index in [2.05, 4.69) is 42.7 Å². The Labute approximate surface area is 142 Å². The normalized spacial score (nSPS) is 14.9. The van der Waals surface area contributed by atoms with Gasteiger partial charge >= 0.3 is 0 Å². The number of rotatable bonds is 3. The summed E-state index contributed by atoms with van der Waals surface area (Å²) in [6, 6.07) is 12.5. The molecule has 1 aliphatic heterocycles. The van der Waals surface area contributed by atoms with Gasteiger partial charge in [0.15, 0.2) is 0 Å². The molecule has 0 aliphatic carbocycles. The molecule has 4 aromatic rings. The van der Waals surface area contributed by atoms with Gasteiger partial charge in [-0.25, -0.2) is 14.6 Å². The van der Waals surface area contributed by atoms with Crippen LogP contribution >= 0.6 is 11.3 Å². The van der Waals surface area contributed by atoms with Crippen molar-refractivity contribution in [2.75, 3.05) is 18.0 Å². The summed E-state index contributed by atoms with van der Waals surface area (Å²) in [7, 11) is 0. The molecular weight excluding hydrogens is 320 g/mol. The van der Waals surface area contributed by atoms with Crippen molar-refractivity contribution in [2.24, 2.45) is 0 Å². The van der Waals surface area contributed by atoms with Crippen LogP contribution < -0.4 is 4.90 Å². The van der Waals surface area contributed by atoms with Gasteiger partial charge in [0, 0.05) is 18.7 Å². The number of anilines is 1. The van der Waals surface area contributed by atoms with Crippen LogP contribution in [0.2, 0.25) is 0 Å². The van der Waals surface area contributed by atoms with Gasteiger partial charge in [0.05, 0.1) is 22.5 Å². The highest BCUT2D eigenvalue weighted by Crippen LogP contribution is 2.33. The van der Waals surface area contributed by atoms with Gasteiger partial charge in [0.1, 0.15) is 17.8 Å². The van der Waals surface area contributed by atoms with E-state index in [-0.39, 0.29) is 0 Å². The fourth-order valence-electron chi connectivity index (χ4n) is 2.99. The Bertz CT molecular complexity index is 986. The number of hydrogen-bond acceptors (Lipinski definition) is 6. The van der Waals surface area contributed by atoms with Crippen molar-refractivity contribution < 1.29 is 0 Å². The molecule has 0 radical (unpaired) electrons. The van der Waals surface area contributed by atoms with Crippen LogP contribution in [0.15, 0.2) is 54.3 Å².